The molecule has 0 fully saturated rings. The Labute approximate surface area is 396 Å². The largest absolute Gasteiger partial charge is 0.508 e. The van der Waals surface area contributed by atoms with Gasteiger partial charge in [0.25, 0.3) is 10.8 Å². The first-order chi connectivity index (χ1) is 32.3. The number of benzene rings is 7. The molecule has 352 valence electrons. The van der Waals surface area contributed by atoms with Gasteiger partial charge in [-0.25, -0.2) is 0 Å². The molecule has 0 aromatic heterocycles. The maximum absolute atomic E-state index is 14.7. The SMILES string of the molecule is CC(C)(c1ccc(O)cc1)c1cc(C(C)(C)c2cccc(C(C)(C)c3cc(C(C)(C)c4ccc(O)cc4)c(O)cc3OS(=O)(=O)c3cccc4c(=O)c(=O)c(=NN=N)c(=N[N+]#N)c34)c2)c(O)cc1O. The van der Waals surface area contributed by atoms with E-state index in [0.717, 1.165) is 11.6 Å². The molecule has 0 bridgehead atoms. The van der Waals surface area contributed by atoms with Gasteiger partial charge in [-0.1, -0.05) is 121 Å². The van der Waals surface area contributed by atoms with E-state index in [1.807, 2.05) is 79.7 Å². The highest BCUT2D eigenvalue weighted by Gasteiger charge is 2.38. The van der Waals surface area contributed by atoms with Gasteiger partial charge in [-0.15, -0.1) is 5.10 Å². The smallest absolute Gasteiger partial charge is 0.339 e. The quantitative estimate of drug-likeness (QED) is 0.0222. The number of phenols is 5. The summed E-state index contributed by atoms with van der Waals surface area (Å²) in [6, 6.07) is 29.8. The zero-order valence-electron chi connectivity index (χ0n) is 38.9. The number of hydrogen-bond acceptors (Lipinski definition) is 14. The highest BCUT2D eigenvalue weighted by Crippen LogP contribution is 2.49. The molecule has 17 heteroatoms. The summed E-state index contributed by atoms with van der Waals surface area (Å²) >= 11 is 0. The minimum Gasteiger partial charge on any atom is -0.508 e. The van der Waals surface area contributed by atoms with Crippen molar-refractivity contribution in [2.45, 2.75) is 81.9 Å². The number of nitrogens with one attached hydrogen (secondary N) is 1. The Bertz CT molecular complexity index is 3630. The Morgan fingerprint density at radius 3 is 1.49 bits per heavy atom. The van der Waals surface area contributed by atoms with Crippen LogP contribution < -0.4 is 25.8 Å². The molecule has 7 aromatic carbocycles. The molecule has 69 heavy (non-hydrogen) atoms. The van der Waals surface area contributed by atoms with Crippen molar-refractivity contribution in [3.63, 3.8) is 0 Å². The summed E-state index contributed by atoms with van der Waals surface area (Å²) < 4.78 is 35.4. The second-order valence-corrected chi connectivity index (χ2v) is 20.4. The number of phenolic OH excluding ortho intramolecular Hbond substituents is 5. The van der Waals surface area contributed by atoms with Crippen molar-refractivity contribution in [3.05, 3.63) is 196 Å². The molecule has 7 rings (SSSR count). The predicted octanol–water partition coefficient (Wildman–Crippen LogP) is 8.55. The number of aromatic hydroxyl groups is 5. The number of diazo groups is 1. The molecule has 0 saturated carbocycles. The minimum absolute atomic E-state index is 0.0257. The number of fused-ring (bicyclic) bond motifs is 1. The Kier molecular flexibility index (Phi) is 12.3. The molecule has 0 atom stereocenters. The molecule has 16 nitrogen and oxygen atoms in total. The fourth-order valence-electron chi connectivity index (χ4n) is 8.96. The third-order valence-corrected chi connectivity index (χ3v) is 14.6. The van der Waals surface area contributed by atoms with E-state index in [2.05, 4.69) is 20.5 Å². The Balaban J connectivity index is 1.43. The van der Waals surface area contributed by atoms with Gasteiger partial charge in [-0.3, -0.25) is 9.59 Å². The summed E-state index contributed by atoms with van der Waals surface area (Å²) in [7, 11) is -5.09. The van der Waals surface area contributed by atoms with Crippen LogP contribution in [0, 0.1) is 10.9 Å². The first kappa shape index (κ1) is 48.7. The van der Waals surface area contributed by atoms with Crippen LogP contribution in [0.3, 0.4) is 0 Å². The van der Waals surface area contributed by atoms with Crippen molar-refractivity contribution >= 4 is 20.9 Å². The van der Waals surface area contributed by atoms with Crippen molar-refractivity contribution < 1.29 is 38.1 Å². The maximum Gasteiger partial charge on any atom is 0.339 e. The zero-order chi connectivity index (χ0) is 50.6. The standard InChI is InChI=1S/C52H48N6O10S/c1-49(2,28-15-19-32(59)20-16-28)35-24-36(40(62)26-39(35)61)51(5,6)30-11-9-12-31(23-30)52(7,8)38-25-37(50(3,4)29-17-21-33(60)22-18-29)41(63)27-42(38)68-69(66,67)43-14-10-13-34-44(43)45(55-57-53)46(56-58-54)48(65)47(34)64/h9-27,54H,1-8H3,(H4-,59,60,61,62,63)/p+1. The van der Waals surface area contributed by atoms with E-state index in [0.29, 0.717) is 33.4 Å². The van der Waals surface area contributed by atoms with E-state index in [4.69, 9.17) is 9.71 Å². The first-order valence-electron chi connectivity index (χ1n) is 21.5. The molecule has 0 heterocycles. The number of rotatable bonds is 12. The van der Waals surface area contributed by atoms with Crippen molar-refractivity contribution in [2.75, 3.05) is 0 Å². The summed E-state index contributed by atoms with van der Waals surface area (Å²) in [6.07, 6.45) is 0. The van der Waals surface area contributed by atoms with E-state index < -0.39 is 69.0 Å². The van der Waals surface area contributed by atoms with Crippen LogP contribution in [0.4, 0.5) is 0 Å². The normalized spacial score (nSPS) is 13.1. The highest BCUT2D eigenvalue weighted by atomic mass is 32.2. The lowest BCUT2D eigenvalue weighted by Gasteiger charge is -2.34. The molecular formula is C52H49N6O10S+. The van der Waals surface area contributed by atoms with Crippen LogP contribution >= 0.6 is 0 Å². The lowest BCUT2D eigenvalue weighted by atomic mass is 9.70. The van der Waals surface area contributed by atoms with Crippen LogP contribution in [-0.2, 0) is 31.8 Å². The molecule has 0 aliphatic rings. The van der Waals surface area contributed by atoms with Crippen LogP contribution in [0.2, 0.25) is 0 Å². The summed E-state index contributed by atoms with van der Waals surface area (Å²) in [5.74, 6) is -0.854. The number of hydrogen-bond donors (Lipinski definition) is 6. The summed E-state index contributed by atoms with van der Waals surface area (Å²) in [5.41, 5.74) is 5.38. The molecule has 0 spiro atoms. The molecule has 0 aliphatic carbocycles. The van der Waals surface area contributed by atoms with Crippen LogP contribution in [0.15, 0.2) is 145 Å². The topological polar surface area (TPSA) is 268 Å². The zero-order valence-corrected chi connectivity index (χ0v) is 39.7. The van der Waals surface area contributed by atoms with Crippen molar-refractivity contribution in [1.29, 1.82) is 10.9 Å². The predicted molar refractivity (Wildman–Crippen MR) is 257 cm³/mol. The lowest BCUT2D eigenvalue weighted by molar-refractivity contribution is 0.424. The summed E-state index contributed by atoms with van der Waals surface area (Å²) in [6.45, 7) is 15.0. The third-order valence-electron chi connectivity index (χ3n) is 13.3. The molecule has 0 saturated heterocycles. The molecular weight excluding hydrogens is 901 g/mol. The molecule has 0 unspecified atom stereocenters. The Morgan fingerprint density at radius 1 is 0.551 bits per heavy atom. The second-order valence-electron chi connectivity index (χ2n) is 18.9. The fourth-order valence-corrected chi connectivity index (χ4v) is 10.1. The number of nitrogens with zero attached hydrogens (tertiary/aromatic N) is 5. The van der Waals surface area contributed by atoms with E-state index in [1.165, 1.54) is 36.4 Å². The maximum atomic E-state index is 14.7. The Morgan fingerprint density at radius 2 is 1.00 bits per heavy atom. The minimum atomic E-state index is -5.09. The van der Waals surface area contributed by atoms with E-state index in [1.54, 1.807) is 48.5 Å². The van der Waals surface area contributed by atoms with Crippen molar-refractivity contribution in [2.24, 2.45) is 15.4 Å². The van der Waals surface area contributed by atoms with E-state index in [-0.39, 0.29) is 40.1 Å². The molecule has 0 radical (unpaired) electrons. The van der Waals surface area contributed by atoms with Gasteiger partial charge in [0.2, 0.25) is 5.43 Å². The molecule has 6 N–H and O–H groups in total. The summed E-state index contributed by atoms with van der Waals surface area (Å²) in [4.78, 5) is 25.6. The third kappa shape index (κ3) is 8.55. The van der Waals surface area contributed by atoms with Gasteiger partial charge in [0.15, 0.2) is 21.6 Å². The Hall–Kier alpha value is -8.23. The monoisotopic (exact) mass is 949 g/mol. The molecule has 0 aliphatic heterocycles. The van der Waals surface area contributed by atoms with Crippen molar-refractivity contribution in [3.8, 4) is 34.5 Å². The van der Waals surface area contributed by atoms with Gasteiger partial charge in [-0.2, -0.15) is 13.9 Å². The first-order valence-corrected chi connectivity index (χ1v) is 22.9. The average Bonchev–Trinajstić information content (AvgIpc) is 3.29. The summed E-state index contributed by atoms with van der Waals surface area (Å²) in [5, 5.41) is 74.1. The van der Waals surface area contributed by atoms with Gasteiger partial charge in [0, 0.05) is 66.8 Å². The van der Waals surface area contributed by atoms with Gasteiger partial charge in [-0.05, 0) is 64.7 Å². The average molecular weight is 950 g/mol. The van der Waals surface area contributed by atoms with Crippen LogP contribution in [0.25, 0.3) is 15.9 Å². The van der Waals surface area contributed by atoms with E-state index in [9.17, 15) is 48.9 Å². The van der Waals surface area contributed by atoms with Gasteiger partial charge in [0.05, 0.1) is 0 Å². The van der Waals surface area contributed by atoms with Crippen LogP contribution in [0.5, 0.6) is 34.5 Å². The second kappa shape index (κ2) is 17.4. The van der Waals surface area contributed by atoms with Gasteiger partial charge in [0.1, 0.15) is 33.6 Å². The van der Waals surface area contributed by atoms with E-state index >= 15 is 0 Å². The molecule has 0 amide bonds. The molecule has 7 aromatic rings. The van der Waals surface area contributed by atoms with Crippen LogP contribution in [0.1, 0.15) is 99.9 Å². The lowest BCUT2D eigenvalue weighted by Crippen LogP contribution is -2.48. The fraction of sp³-hybridized carbons (Fsp3) is 0.231. The van der Waals surface area contributed by atoms with Crippen molar-refractivity contribution in [1.82, 2.24) is 0 Å². The van der Waals surface area contributed by atoms with Crippen LogP contribution in [-0.4, -0.2) is 34.0 Å². The van der Waals surface area contributed by atoms with Gasteiger partial charge >= 0.3 is 15.2 Å². The van der Waals surface area contributed by atoms with Gasteiger partial charge < -0.3 is 29.7 Å². The highest BCUT2D eigenvalue weighted by molar-refractivity contribution is 7.87.